The second-order valence-corrected chi connectivity index (χ2v) is 8.31. The number of carbonyl (C=O) groups is 1. The number of rotatable bonds is 4. The number of aromatic nitrogens is 2. The minimum atomic E-state index is -0.471. The third-order valence-electron chi connectivity index (χ3n) is 4.56. The molecule has 148 valence electrons. The van der Waals surface area contributed by atoms with Gasteiger partial charge < -0.3 is 10.3 Å². The molecule has 1 aromatic heterocycles. The van der Waals surface area contributed by atoms with Gasteiger partial charge in [0.05, 0.1) is 15.6 Å². The summed E-state index contributed by atoms with van der Waals surface area (Å²) in [7, 11) is 0. The van der Waals surface area contributed by atoms with E-state index < -0.39 is 5.92 Å². The average molecular weight is 450 g/mol. The topological polar surface area (TPSA) is 74.8 Å². The minimum Gasteiger partial charge on any atom is -0.310 e. The van der Waals surface area contributed by atoms with Crippen LogP contribution in [-0.4, -0.2) is 15.9 Å². The van der Waals surface area contributed by atoms with E-state index in [9.17, 15) is 14.0 Å². The first-order chi connectivity index (χ1) is 13.9. The maximum Gasteiger partial charge on any atom is 0.257 e. The molecule has 5 nitrogen and oxygen atoms in total. The van der Waals surface area contributed by atoms with Crippen molar-refractivity contribution in [3.05, 3.63) is 85.4 Å². The highest BCUT2D eigenvalue weighted by Gasteiger charge is 2.31. The molecule has 3 aromatic rings. The Labute approximate surface area is 179 Å². The van der Waals surface area contributed by atoms with Gasteiger partial charge in [-0.3, -0.25) is 9.59 Å². The maximum atomic E-state index is 13.0. The van der Waals surface area contributed by atoms with E-state index in [1.54, 1.807) is 30.3 Å². The fraction of sp³-hybridized carbons (Fsp3) is 0.150. The summed E-state index contributed by atoms with van der Waals surface area (Å²) in [5, 5.41) is 3.80. The second-order valence-electron chi connectivity index (χ2n) is 6.53. The highest BCUT2D eigenvalue weighted by atomic mass is 35.5. The van der Waals surface area contributed by atoms with Gasteiger partial charge in [0.25, 0.3) is 5.56 Å². The molecule has 0 saturated carbocycles. The number of hydrogen-bond donors (Lipinski definition) is 2. The van der Waals surface area contributed by atoms with Crippen molar-refractivity contribution in [3.63, 3.8) is 0 Å². The van der Waals surface area contributed by atoms with Gasteiger partial charge >= 0.3 is 0 Å². The predicted octanol–water partition coefficient (Wildman–Crippen LogP) is 4.98. The standard InChI is InChI=1S/C20H14Cl2FN3O2S/c21-14-6-3-11(7-15(14)22)13-8-16(27)24-18-17(13)19(28)26-20(25-18)29-9-10-1-4-12(23)5-2-10/h1-7,13H,8-9H2,(H2,24,25,26,27,28). The summed E-state index contributed by atoms with van der Waals surface area (Å²) >= 11 is 13.4. The van der Waals surface area contributed by atoms with E-state index in [1.807, 2.05) is 0 Å². The van der Waals surface area contributed by atoms with E-state index in [1.165, 1.54) is 23.9 Å². The average Bonchev–Trinajstić information content (AvgIpc) is 2.68. The van der Waals surface area contributed by atoms with Gasteiger partial charge in [0.15, 0.2) is 5.16 Å². The summed E-state index contributed by atoms with van der Waals surface area (Å²) in [6, 6.07) is 11.1. The molecule has 0 aliphatic carbocycles. The Kier molecular flexibility index (Phi) is 5.63. The normalized spacial score (nSPS) is 15.7. The van der Waals surface area contributed by atoms with Crippen LogP contribution in [0.5, 0.6) is 0 Å². The molecule has 0 spiro atoms. The van der Waals surface area contributed by atoms with Gasteiger partial charge in [0.2, 0.25) is 5.91 Å². The van der Waals surface area contributed by atoms with Crippen LogP contribution >= 0.6 is 35.0 Å². The molecule has 0 radical (unpaired) electrons. The molecule has 1 atom stereocenters. The molecule has 2 aromatic carbocycles. The van der Waals surface area contributed by atoms with Crippen LogP contribution in [0.4, 0.5) is 10.2 Å². The number of nitrogens with zero attached hydrogens (tertiary/aromatic N) is 1. The summed E-state index contributed by atoms with van der Waals surface area (Å²) in [6.45, 7) is 0. The number of anilines is 1. The predicted molar refractivity (Wildman–Crippen MR) is 112 cm³/mol. The lowest BCUT2D eigenvalue weighted by atomic mass is 9.87. The van der Waals surface area contributed by atoms with Gasteiger partial charge in [-0.1, -0.05) is 53.2 Å². The van der Waals surface area contributed by atoms with Crippen molar-refractivity contribution in [2.45, 2.75) is 23.2 Å². The number of fused-ring (bicyclic) bond motifs is 1. The molecule has 1 aliphatic rings. The van der Waals surface area contributed by atoms with Crippen LogP contribution < -0.4 is 10.9 Å². The van der Waals surface area contributed by atoms with E-state index in [4.69, 9.17) is 23.2 Å². The number of benzene rings is 2. The van der Waals surface area contributed by atoms with Crippen molar-refractivity contribution in [1.29, 1.82) is 0 Å². The fourth-order valence-corrected chi connectivity index (χ4v) is 4.29. The molecule has 2 heterocycles. The Morgan fingerprint density at radius 2 is 1.86 bits per heavy atom. The Bertz CT molecular complexity index is 1150. The largest absolute Gasteiger partial charge is 0.310 e. The van der Waals surface area contributed by atoms with E-state index in [2.05, 4.69) is 15.3 Å². The molecule has 1 unspecified atom stereocenters. The number of hydrogen-bond acceptors (Lipinski definition) is 4. The van der Waals surface area contributed by atoms with Crippen LogP contribution in [0.1, 0.15) is 29.0 Å². The third-order valence-corrected chi connectivity index (χ3v) is 6.25. The smallest absolute Gasteiger partial charge is 0.257 e. The van der Waals surface area contributed by atoms with Crippen molar-refractivity contribution in [2.24, 2.45) is 0 Å². The molecule has 4 rings (SSSR count). The fourth-order valence-electron chi connectivity index (χ4n) is 3.17. The number of aromatic amines is 1. The van der Waals surface area contributed by atoms with Crippen LogP contribution in [0.2, 0.25) is 10.0 Å². The Hall–Kier alpha value is -2.35. The SMILES string of the molecule is O=C1CC(c2ccc(Cl)c(Cl)c2)c2c(nc(SCc3ccc(F)cc3)[nH]c2=O)N1. The zero-order chi connectivity index (χ0) is 20.5. The van der Waals surface area contributed by atoms with Crippen LogP contribution in [-0.2, 0) is 10.5 Å². The quantitative estimate of drug-likeness (QED) is 0.434. The summed E-state index contributed by atoms with van der Waals surface area (Å²) in [5.74, 6) is -0.286. The number of amides is 1. The molecule has 29 heavy (non-hydrogen) atoms. The summed E-state index contributed by atoms with van der Waals surface area (Å²) < 4.78 is 13.0. The van der Waals surface area contributed by atoms with Gasteiger partial charge in [0, 0.05) is 18.1 Å². The van der Waals surface area contributed by atoms with Gasteiger partial charge in [-0.25, -0.2) is 9.37 Å². The van der Waals surface area contributed by atoms with Crippen molar-refractivity contribution in [2.75, 3.05) is 5.32 Å². The lowest BCUT2D eigenvalue weighted by Gasteiger charge is -2.24. The number of carbonyl (C=O) groups excluding carboxylic acids is 1. The minimum absolute atomic E-state index is 0.109. The monoisotopic (exact) mass is 449 g/mol. The zero-order valence-electron chi connectivity index (χ0n) is 14.8. The second kappa shape index (κ2) is 8.18. The molecular weight excluding hydrogens is 436 g/mol. The van der Waals surface area contributed by atoms with Crippen molar-refractivity contribution in [3.8, 4) is 0 Å². The molecule has 1 amide bonds. The van der Waals surface area contributed by atoms with E-state index >= 15 is 0 Å². The highest BCUT2D eigenvalue weighted by molar-refractivity contribution is 7.98. The van der Waals surface area contributed by atoms with Crippen LogP contribution in [0.15, 0.2) is 52.4 Å². The Morgan fingerprint density at radius 3 is 2.59 bits per heavy atom. The molecule has 0 bridgehead atoms. The molecule has 0 saturated heterocycles. The lowest BCUT2D eigenvalue weighted by molar-refractivity contribution is -0.116. The summed E-state index contributed by atoms with van der Waals surface area (Å²) in [4.78, 5) is 32.2. The van der Waals surface area contributed by atoms with E-state index in [0.29, 0.717) is 26.5 Å². The number of halogens is 3. The van der Waals surface area contributed by atoms with Crippen molar-refractivity contribution < 1.29 is 9.18 Å². The van der Waals surface area contributed by atoms with Gasteiger partial charge in [-0.05, 0) is 35.4 Å². The maximum absolute atomic E-state index is 13.0. The first-order valence-corrected chi connectivity index (χ1v) is 10.4. The van der Waals surface area contributed by atoms with Gasteiger partial charge in [-0.15, -0.1) is 0 Å². The summed E-state index contributed by atoms with van der Waals surface area (Å²) in [5.41, 5.74) is 1.66. The zero-order valence-corrected chi connectivity index (χ0v) is 17.2. The number of thioether (sulfide) groups is 1. The number of nitrogens with one attached hydrogen (secondary N) is 2. The van der Waals surface area contributed by atoms with E-state index in [0.717, 1.165) is 11.1 Å². The summed E-state index contributed by atoms with van der Waals surface area (Å²) in [6.07, 6.45) is 0.109. The third kappa shape index (κ3) is 4.32. The number of H-pyrrole nitrogens is 1. The van der Waals surface area contributed by atoms with Crippen molar-refractivity contribution in [1.82, 2.24) is 9.97 Å². The Morgan fingerprint density at radius 1 is 1.10 bits per heavy atom. The highest BCUT2D eigenvalue weighted by Crippen LogP contribution is 2.36. The van der Waals surface area contributed by atoms with Crippen LogP contribution in [0.3, 0.4) is 0 Å². The molecule has 2 N–H and O–H groups in total. The first-order valence-electron chi connectivity index (χ1n) is 8.67. The van der Waals surface area contributed by atoms with Crippen LogP contribution in [0, 0.1) is 5.82 Å². The van der Waals surface area contributed by atoms with E-state index in [-0.39, 0.29) is 29.5 Å². The molecular formula is C20H14Cl2FN3O2S. The lowest BCUT2D eigenvalue weighted by Crippen LogP contribution is -2.31. The van der Waals surface area contributed by atoms with Crippen LogP contribution in [0.25, 0.3) is 0 Å². The molecule has 9 heteroatoms. The Balaban J connectivity index is 1.65. The first kappa shape index (κ1) is 19.9. The van der Waals surface area contributed by atoms with Gasteiger partial charge in [-0.2, -0.15) is 0 Å². The van der Waals surface area contributed by atoms with Gasteiger partial charge in [0.1, 0.15) is 11.6 Å². The van der Waals surface area contributed by atoms with Crippen molar-refractivity contribution >= 4 is 46.7 Å². The molecule has 1 aliphatic heterocycles. The molecule has 0 fully saturated rings.